The molecule has 1 aromatic rings. The van der Waals surface area contributed by atoms with Gasteiger partial charge in [-0.2, -0.15) is 0 Å². The summed E-state index contributed by atoms with van der Waals surface area (Å²) in [4.78, 5) is 1.26. The standard InChI is InChI=1S/C23H36O2S.2C2H6/c1-16-8-9-21-22(2,3)10-7-11-23(21,4)20(16)15-26-19-13-17(24-5)12-18(14-19)25-6;2*1-2/h12-14,16,20-21H,7-11,15H2,1-6H3;2*1-2H3. The van der Waals surface area contributed by atoms with Gasteiger partial charge >= 0.3 is 0 Å². The Morgan fingerprint density at radius 1 is 0.900 bits per heavy atom. The van der Waals surface area contributed by atoms with Crippen LogP contribution in [0.15, 0.2) is 23.1 Å². The number of benzene rings is 1. The number of fused-ring (bicyclic) bond motifs is 1. The van der Waals surface area contributed by atoms with Crippen LogP contribution in [0, 0.1) is 28.6 Å². The fourth-order valence-electron chi connectivity index (χ4n) is 6.02. The highest BCUT2D eigenvalue weighted by molar-refractivity contribution is 7.99. The lowest BCUT2D eigenvalue weighted by molar-refractivity contribution is -0.0850. The smallest absolute Gasteiger partial charge is 0.123 e. The molecule has 30 heavy (non-hydrogen) atoms. The maximum atomic E-state index is 5.45. The second kappa shape index (κ2) is 12.3. The molecule has 0 heterocycles. The average Bonchev–Trinajstić information content (AvgIpc) is 2.75. The molecule has 2 aliphatic carbocycles. The summed E-state index contributed by atoms with van der Waals surface area (Å²) in [6.45, 7) is 18.1. The summed E-state index contributed by atoms with van der Waals surface area (Å²) in [5.74, 6) is 5.41. The van der Waals surface area contributed by atoms with Crippen LogP contribution >= 0.6 is 11.8 Å². The van der Waals surface area contributed by atoms with Crippen LogP contribution in [0.3, 0.4) is 0 Å². The van der Waals surface area contributed by atoms with Crippen LogP contribution in [0.25, 0.3) is 0 Å². The number of thioether (sulfide) groups is 1. The van der Waals surface area contributed by atoms with Crippen molar-refractivity contribution >= 4 is 11.8 Å². The van der Waals surface area contributed by atoms with Gasteiger partial charge in [-0.15, -0.1) is 11.8 Å². The Hall–Kier alpha value is -0.830. The molecule has 2 nitrogen and oxygen atoms in total. The van der Waals surface area contributed by atoms with Crippen molar-refractivity contribution < 1.29 is 9.47 Å². The van der Waals surface area contributed by atoms with Gasteiger partial charge in [0, 0.05) is 16.7 Å². The first-order valence-corrected chi connectivity index (χ1v) is 13.1. The average molecular weight is 437 g/mol. The predicted molar refractivity (Wildman–Crippen MR) is 134 cm³/mol. The molecule has 0 radical (unpaired) electrons. The predicted octanol–water partition coefficient (Wildman–Crippen LogP) is 8.73. The van der Waals surface area contributed by atoms with E-state index in [1.165, 1.54) is 42.8 Å². The van der Waals surface area contributed by atoms with Crippen LogP contribution in [-0.2, 0) is 0 Å². The first kappa shape index (κ1) is 27.2. The van der Waals surface area contributed by atoms with Crippen LogP contribution in [0.4, 0.5) is 0 Å². The second-order valence-electron chi connectivity index (χ2n) is 9.42. The van der Waals surface area contributed by atoms with Crippen LogP contribution in [0.1, 0.15) is 87.5 Å². The lowest BCUT2D eigenvalue weighted by atomic mass is 9.47. The molecule has 0 saturated heterocycles. The molecule has 4 atom stereocenters. The number of rotatable bonds is 5. The van der Waals surface area contributed by atoms with Gasteiger partial charge in [-0.3, -0.25) is 0 Å². The second-order valence-corrected chi connectivity index (χ2v) is 10.5. The van der Waals surface area contributed by atoms with Gasteiger partial charge in [0.2, 0.25) is 0 Å². The van der Waals surface area contributed by atoms with Gasteiger partial charge in [0.25, 0.3) is 0 Å². The summed E-state index contributed by atoms with van der Waals surface area (Å²) in [5.41, 5.74) is 0.977. The lowest BCUT2D eigenvalue weighted by Crippen LogP contribution is -2.51. The summed E-state index contributed by atoms with van der Waals surface area (Å²) in [6.07, 6.45) is 6.99. The zero-order valence-electron chi connectivity index (χ0n) is 21.4. The highest BCUT2D eigenvalue weighted by atomic mass is 32.2. The van der Waals surface area contributed by atoms with Gasteiger partial charge in [0.15, 0.2) is 0 Å². The summed E-state index contributed by atoms with van der Waals surface area (Å²) in [6, 6.07) is 6.24. The molecular weight excluding hydrogens is 388 g/mol. The van der Waals surface area contributed by atoms with Crippen molar-refractivity contribution in [1.82, 2.24) is 0 Å². The summed E-state index contributed by atoms with van der Waals surface area (Å²) in [5, 5.41) is 0. The third-order valence-corrected chi connectivity index (χ3v) is 8.57. The van der Waals surface area contributed by atoms with Gasteiger partial charge in [-0.25, -0.2) is 0 Å². The molecule has 0 bridgehead atoms. The third-order valence-electron chi connectivity index (χ3n) is 7.48. The number of hydrogen-bond acceptors (Lipinski definition) is 3. The van der Waals surface area contributed by atoms with Gasteiger partial charge in [0.1, 0.15) is 11.5 Å². The summed E-state index contributed by atoms with van der Waals surface area (Å²) in [7, 11) is 3.45. The van der Waals surface area contributed by atoms with E-state index in [1.54, 1.807) is 14.2 Å². The fourth-order valence-corrected chi connectivity index (χ4v) is 7.50. The maximum Gasteiger partial charge on any atom is 0.123 e. The van der Waals surface area contributed by atoms with Crippen LogP contribution in [-0.4, -0.2) is 20.0 Å². The molecule has 174 valence electrons. The Morgan fingerprint density at radius 3 is 2.00 bits per heavy atom. The SMILES string of the molecule is CC.CC.COc1cc(OC)cc(SCC2C(C)CCC3C(C)(C)CCCC23C)c1. The number of methoxy groups -OCH3 is 2. The fraction of sp³-hybridized carbons (Fsp3) is 0.778. The van der Waals surface area contributed by atoms with E-state index in [0.717, 1.165) is 29.3 Å². The van der Waals surface area contributed by atoms with Crippen molar-refractivity contribution in [3.8, 4) is 11.5 Å². The van der Waals surface area contributed by atoms with Gasteiger partial charge < -0.3 is 9.47 Å². The summed E-state index contributed by atoms with van der Waals surface area (Å²) < 4.78 is 10.9. The van der Waals surface area contributed by atoms with Crippen molar-refractivity contribution in [2.45, 2.75) is 92.4 Å². The zero-order chi connectivity index (χ0) is 22.9. The molecule has 2 saturated carbocycles. The first-order valence-electron chi connectivity index (χ1n) is 12.2. The third kappa shape index (κ3) is 6.11. The molecule has 2 aliphatic rings. The van der Waals surface area contributed by atoms with Crippen LogP contribution < -0.4 is 9.47 Å². The molecule has 2 fully saturated rings. The Balaban J connectivity index is 0.00000106. The lowest BCUT2D eigenvalue weighted by Gasteiger charge is -2.59. The number of hydrogen-bond donors (Lipinski definition) is 0. The van der Waals surface area contributed by atoms with Crippen molar-refractivity contribution in [3.05, 3.63) is 18.2 Å². The van der Waals surface area contributed by atoms with E-state index in [4.69, 9.17) is 9.47 Å². The zero-order valence-corrected chi connectivity index (χ0v) is 22.2. The molecule has 4 unspecified atom stereocenters. The highest BCUT2D eigenvalue weighted by Crippen LogP contribution is 2.61. The molecule has 0 aromatic heterocycles. The summed E-state index contributed by atoms with van der Waals surface area (Å²) >= 11 is 1.98. The monoisotopic (exact) mass is 436 g/mol. The van der Waals surface area contributed by atoms with Crippen molar-refractivity contribution in [2.75, 3.05) is 20.0 Å². The van der Waals surface area contributed by atoms with E-state index >= 15 is 0 Å². The largest absolute Gasteiger partial charge is 0.497 e. The minimum absolute atomic E-state index is 0.482. The molecule has 0 spiro atoms. The Morgan fingerprint density at radius 2 is 1.47 bits per heavy atom. The number of ether oxygens (including phenoxy) is 2. The minimum atomic E-state index is 0.482. The molecule has 3 heteroatoms. The van der Waals surface area contributed by atoms with E-state index < -0.39 is 0 Å². The molecule has 3 rings (SSSR count). The van der Waals surface area contributed by atoms with Crippen molar-refractivity contribution in [1.29, 1.82) is 0 Å². The van der Waals surface area contributed by atoms with Gasteiger partial charge in [-0.05, 0) is 60.0 Å². The molecule has 0 aliphatic heterocycles. The van der Waals surface area contributed by atoms with E-state index in [2.05, 4.69) is 39.8 Å². The van der Waals surface area contributed by atoms with E-state index in [9.17, 15) is 0 Å². The maximum absolute atomic E-state index is 5.45. The molecular formula is C27H48O2S. The van der Waals surface area contributed by atoms with Gasteiger partial charge in [0.05, 0.1) is 14.2 Å². The van der Waals surface area contributed by atoms with Crippen LogP contribution in [0.2, 0.25) is 0 Å². The van der Waals surface area contributed by atoms with Crippen molar-refractivity contribution in [2.24, 2.45) is 28.6 Å². The Bertz CT molecular complexity index is 605. The first-order chi connectivity index (χ1) is 14.3. The van der Waals surface area contributed by atoms with E-state index in [-0.39, 0.29) is 0 Å². The molecule has 0 N–H and O–H groups in total. The molecule has 0 amide bonds. The molecule has 1 aromatic carbocycles. The Kier molecular flexibility index (Phi) is 11.1. The van der Waals surface area contributed by atoms with Crippen molar-refractivity contribution in [3.63, 3.8) is 0 Å². The highest BCUT2D eigenvalue weighted by Gasteiger charge is 2.53. The van der Waals surface area contributed by atoms with Crippen LogP contribution in [0.5, 0.6) is 11.5 Å². The van der Waals surface area contributed by atoms with E-state index in [0.29, 0.717) is 10.8 Å². The quantitative estimate of drug-likeness (QED) is 0.430. The Labute approximate surface area is 191 Å². The minimum Gasteiger partial charge on any atom is -0.497 e. The normalized spacial score (nSPS) is 29.3. The van der Waals surface area contributed by atoms with Gasteiger partial charge in [-0.1, -0.05) is 68.2 Å². The van der Waals surface area contributed by atoms with E-state index in [1.807, 2.05) is 45.5 Å². The topological polar surface area (TPSA) is 18.5 Å².